The molecule has 0 amide bonds. The normalized spacial score (nSPS) is 11.5. The Labute approximate surface area is 103 Å². The molecule has 0 heterocycles. The van der Waals surface area contributed by atoms with Gasteiger partial charge in [-0.1, -0.05) is 6.07 Å². The monoisotopic (exact) mass is 257 g/mol. The van der Waals surface area contributed by atoms with E-state index >= 15 is 0 Å². The Hall–Kier alpha value is -1.27. The van der Waals surface area contributed by atoms with Crippen molar-refractivity contribution in [3.05, 3.63) is 18.2 Å². The van der Waals surface area contributed by atoms with Gasteiger partial charge in [-0.25, -0.2) is 8.42 Å². The fraction of sp³-hybridized carbons (Fsp3) is 0.455. The molecule has 0 radical (unpaired) electrons. The van der Waals surface area contributed by atoms with Crippen molar-refractivity contribution in [3.8, 4) is 0 Å². The van der Waals surface area contributed by atoms with Gasteiger partial charge < -0.3 is 16.0 Å². The van der Waals surface area contributed by atoms with E-state index < -0.39 is 9.84 Å². The number of nitrogens with two attached hydrogens (primary N) is 1. The number of benzene rings is 1. The molecule has 0 spiro atoms. The number of nitrogens with one attached hydrogen (secondary N) is 1. The van der Waals surface area contributed by atoms with Gasteiger partial charge in [-0.05, 0) is 19.2 Å². The number of hydrogen-bond donors (Lipinski definition) is 2. The molecule has 0 unspecified atom stereocenters. The van der Waals surface area contributed by atoms with Crippen molar-refractivity contribution in [3.63, 3.8) is 0 Å². The van der Waals surface area contributed by atoms with Crippen molar-refractivity contribution in [1.29, 1.82) is 0 Å². The van der Waals surface area contributed by atoms with Crippen LogP contribution >= 0.6 is 0 Å². The molecule has 96 valence electrons. The van der Waals surface area contributed by atoms with E-state index in [2.05, 4.69) is 5.32 Å². The first-order valence-corrected chi connectivity index (χ1v) is 7.21. The molecular weight excluding hydrogens is 238 g/mol. The Morgan fingerprint density at radius 3 is 2.59 bits per heavy atom. The Balaban J connectivity index is 3.11. The predicted octanol–water partition coefficient (Wildman–Crippen LogP) is 0.328. The lowest BCUT2D eigenvalue weighted by atomic mass is 10.2. The summed E-state index contributed by atoms with van der Waals surface area (Å²) in [5, 5.41) is 3.03. The van der Waals surface area contributed by atoms with Crippen LogP contribution in [0.25, 0.3) is 0 Å². The Kier molecular flexibility index (Phi) is 4.36. The van der Waals surface area contributed by atoms with Crippen molar-refractivity contribution in [2.24, 2.45) is 0 Å². The second-order valence-electron chi connectivity index (χ2n) is 3.99. The second-order valence-corrected chi connectivity index (χ2v) is 5.97. The summed E-state index contributed by atoms with van der Waals surface area (Å²) in [5.41, 5.74) is 6.95. The van der Waals surface area contributed by atoms with Crippen molar-refractivity contribution in [1.82, 2.24) is 5.32 Å². The lowest BCUT2D eigenvalue weighted by molar-refractivity contribution is 0.602. The maximum Gasteiger partial charge on any atom is 0.177 e. The van der Waals surface area contributed by atoms with Crippen LogP contribution in [0.5, 0.6) is 0 Å². The molecule has 1 aromatic rings. The van der Waals surface area contributed by atoms with Crippen LogP contribution in [0.4, 0.5) is 11.4 Å². The molecule has 0 saturated heterocycles. The van der Waals surface area contributed by atoms with Crippen molar-refractivity contribution >= 4 is 21.2 Å². The molecule has 6 heteroatoms. The number of likely N-dealkylation sites (N-methyl/N-ethyl adjacent to an activating group) is 2. The van der Waals surface area contributed by atoms with Gasteiger partial charge >= 0.3 is 0 Å². The molecule has 1 rings (SSSR count). The number of anilines is 2. The summed E-state index contributed by atoms with van der Waals surface area (Å²) in [7, 11) is 0.472. The Morgan fingerprint density at radius 1 is 1.41 bits per heavy atom. The number of para-hydroxylation sites is 1. The molecule has 0 aromatic heterocycles. The van der Waals surface area contributed by atoms with Crippen LogP contribution in [0.15, 0.2) is 23.1 Å². The maximum atomic E-state index is 11.5. The summed E-state index contributed by atoms with van der Waals surface area (Å²) in [6.07, 6.45) is 1.16. The van der Waals surface area contributed by atoms with E-state index in [-0.39, 0.29) is 4.90 Å². The summed E-state index contributed by atoms with van der Waals surface area (Å²) in [4.78, 5) is 2.12. The second kappa shape index (κ2) is 5.37. The number of rotatable bonds is 5. The first kappa shape index (κ1) is 13.8. The molecule has 0 atom stereocenters. The van der Waals surface area contributed by atoms with Gasteiger partial charge in [-0.3, -0.25) is 0 Å². The third-order valence-corrected chi connectivity index (χ3v) is 3.71. The van der Waals surface area contributed by atoms with Gasteiger partial charge in [0.2, 0.25) is 0 Å². The quantitative estimate of drug-likeness (QED) is 0.743. The van der Waals surface area contributed by atoms with Gasteiger partial charge in [0.1, 0.15) is 0 Å². The molecule has 5 nitrogen and oxygen atoms in total. The van der Waals surface area contributed by atoms with Gasteiger partial charge in [0.25, 0.3) is 0 Å². The van der Waals surface area contributed by atoms with E-state index in [4.69, 9.17) is 5.73 Å². The van der Waals surface area contributed by atoms with E-state index in [1.54, 1.807) is 6.07 Å². The van der Waals surface area contributed by atoms with E-state index in [0.29, 0.717) is 5.69 Å². The third kappa shape index (κ3) is 3.34. The first-order valence-electron chi connectivity index (χ1n) is 5.32. The minimum Gasteiger partial charge on any atom is -0.396 e. The average molecular weight is 257 g/mol. The maximum absolute atomic E-state index is 11.5. The van der Waals surface area contributed by atoms with Crippen LogP contribution in [-0.4, -0.2) is 41.9 Å². The van der Waals surface area contributed by atoms with Gasteiger partial charge in [-0.2, -0.15) is 0 Å². The summed E-state index contributed by atoms with van der Waals surface area (Å²) in [5.74, 6) is 0. The minimum atomic E-state index is -3.28. The van der Waals surface area contributed by atoms with Gasteiger partial charge in [0.15, 0.2) is 9.84 Å². The van der Waals surface area contributed by atoms with Gasteiger partial charge in [-0.15, -0.1) is 0 Å². The molecule has 17 heavy (non-hydrogen) atoms. The lowest BCUT2D eigenvalue weighted by Crippen LogP contribution is -2.27. The standard InChI is InChI=1S/C11H19N3O2S/c1-13-7-8-14(2)9-5-4-6-10(11(9)12)17(3,15)16/h4-6,13H,7-8,12H2,1-3H3. The highest BCUT2D eigenvalue weighted by atomic mass is 32.2. The fourth-order valence-corrected chi connectivity index (χ4v) is 2.42. The van der Waals surface area contributed by atoms with Crippen LogP contribution in [0.3, 0.4) is 0 Å². The largest absolute Gasteiger partial charge is 0.396 e. The molecule has 0 aliphatic rings. The summed E-state index contributed by atoms with van der Waals surface area (Å²) in [6.45, 7) is 1.56. The topological polar surface area (TPSA) is 75.4 Å². The molecule has 1 aromatic carbocycles. The van der Waals surface area contributed by atoms with Crippen LogP contribution in [-0.2, 0) is 9.84 Å². The number of sulfone groups is 1. The van der Waals surface area contributed by atoms with E-state index in [9.17, 15) is 8.42 Å². The fourth-order valence-electron chi connectivity index (χ4n) is 1.59. The molecule has 0 bridgehead atoms. The van der Waals surface area contributed by atoms with Crippen LogP contribution in [0, 0.1) is 0 Å². The van der Waals surface area contributed by atoms with E-state index in [1.165, 1.54) is 6.07 Å². The Morgan fingerprint density at radius 2 is 2.06 bits per heavy atom. The summed E-state index contributed by atoms with van der Waals surface area (Å²) < 4.78 is 23.1. The molecule has 0 fully saturated rings. The van der Waals surface area contributed by atoms with Crippen molar-refractivity contribution in [2.75, 3.05) is 44.1 Å². The molecule has 3 N–H and O–H groups in total. The van der Waals surface area contributed by atoms with Crippen molar-refractivity contribution in [2.45, 2.75) is 4.90 Å². The van der Waals surface area contributed by atoms with Crippen molar-refractivity contribution < 1.29 is 8.42 Å². The van der Waals surface area contributed by atoms with Crippen LogP contribution in [0.1, 0.15) is 0 Å². The highest BCUT2D eigenvalue weighted by molar-refractivity contribution is 7.90. The highest BCUT2D eigenvalue weighted by Gasteiger charge is 2.15. The molecule has 0 aliphatic heterocycles. The zero-order valence-corrected chi connectivity index (χ0v) is 11.2. The number of hydrogen-bond acceptors (Lipinski definition) is 5. The van der Waals surface area contributed by atoms with Crippen LogP contribution < -0.4 is 16.0 Å². The zero-order valence-electron chi connectivity index (χ0n) is 10.4. The zero-order chi connectivity index (χ0) is 13.1. The third-order valence-electron chi connectivity index (χ3n) is 2.55. The Bertz CT molecular complexity index is 485. The van der Waals surface area contributed by atoms with E-state index in [0.717, 1.165) is 25.0 Å². The average Bonchev–Trinajstić information content (AvgIpc) is 2.24. The molecular formula is C11H19N3O2S. The molecule has 0 saturated carbocycles. The number of nitrogens with zero attached hydrogens (tertiary/aromatic N) is 1. The lowest BCUT2D eigenvalue weighted by Gasteiger charge is -2.22. The summed E-state index contributed by atoms with van der Waals surface area (Å²) >= 11 is 0. The van der Waals surface area contributed by atoms with Gasteiger partial charge in [0.05, 0.1) is 16.3 Å². The van der Waals surface area contributed by atoms with E-state index in [1.807, 2.05) is 25.1 Å². The predicted molar refractivity (Wildman–Crippen MR) is 71.2 cm³/mol. The highest BCUT2D eigenvalue weighted by Crippen LogP contribution is 2.28. The number of nitrogen functional groups attached to an aromatic ring is 1. The summed E-state index contributed by atoms with van der Waals surface area (Å²) in [6, 6.07) is 5.05. The first-order chi connectivity index (χ1) is 7.88. The molecule has 0 aliphatic carbocycles. The smallest absolute Gasteiger partial charge is 0.177 e. The van der Waals surface area contributed by atoms with Gasteiger partial charge in [0, 0.05) is 26.4 Å². The SMILES string of the molecule is CNCCN(C)c1cccc(S(C)(=O)=O)c1N. The van der Waals surface area contributed by atoms with Crippen LogP contribution in [0.2, 0.25) is 0 Å². The minimum absolute atomic E-state index is 0.186.